The number of aryl methyl sites for hydroxylation is 2. The van der Waals surface area contributed by atoms with E-state index in [2.05, 4.69) is 4.98 Å². The van der Waals surface area contributed by atoms with E-state index in [1.807, 2.05) is 32.0 Å². The minimum atomic E-state index is -0.236. The molecule has 0 spiro atoms. The Balaban J connectivity index is 1.65. The Hall–Kier alpha value is -2.89. The molecule has 0 saturated carbocycles. The number of nitrogens with zero attached hydrogens (tertiary/aromatic N) is 2. The molecule has 1 aromatic heterocycles. The summed E-state index contributed by atoms with van der Waals surface area (Å²) in [6, 6.07) is 8.69. The molecule has 0 unspecified atom stereocenters. The summed E-state index contributed by atoms with van der Waals surface area (Å²) >= 11 is 0. The van der Waals surface area contributed by atoms with Gasteiger partial charge in [-0.15, -0.1) is 0 Å². The van der Waals surface area contributed by atoms with Gasteiger partial charge in [0.15, 0.2) is 0 Å². The van der Waals surface area contributed by atoms with Crippen LogP contribution in [-0.4, -0.2) is 52.8 Å². The lowest BCUT2D eigenvalue weighted by Gasteiger charge is -2.35. The maximum absolute atomic E-state index is 12.7. The zero-order valence-electron chi connectivity index (χ0n) is 14.4. The van der Waals surface area contributed by atoms with Gasteiger partial charge in [0.2, 0.25) is 5.56 Å². The van der Waals surface area contributed by atoms with Gasteiger partial charge in [-0.25, -0.2) is 0 Å². The summed E-state index contributed by atoms with van der Waals surface area (Å²) in [5.74, 6) is -0.127. The molecular weight excluding hydrogens is 318 g/mol. The molecule has 0 aliphatic carbocycles. The van der Waals surface area contributed by atoms with Crippen LogP contribution in [-0.2, 0) is 0 Å². The predicted molar refractivity (Wildman–Crippen MR) is 94.8 cm³/mol. The third-order valence-corrected chi connectivity index (χ3v) is 4.35. The van der Waals surface area contributed by atoms with Gasteiger partial charge >= 0.3 is 0 Å². The Morgan fingerprint density at radius 3 is 1.84 bits per heavy atom. The van der Waals surface area contributed by atoms with Crippen LogP contribution in [0, 0.1) is 13.8 Å². The molecule has 1 aromatic carbocycles. The van der Waals surface area contributed by atoms with E-state index in [1.165, 1.54) is 18.3 Å². The third-order valence-electron chi connectivity index (χ3n) is 4.35. The van der Waals surface area contributed by atoms with Gasteiger partial charge in [0.1, 0.15) is 0 Å². The van der Waals surface area contributed by atoms with E-state index < -0.39 is 0 Å². The standard InChI is InChI=1S/C19H21N3O3/c1-13-9-14(2)11-16(10-13)19(25)22-7-5-21(6-8-22)18(24)15-3-4-17(23)20-12-15/h3-4,9-12H,5-8H2,1-2H3,(H,20,23). The van der Waals surface area contributed by atoms with Gasteiger partial charge in [-0.2, -0.15) is 0 Å². The van der Waals surface area contributed by atoms with E-state index in [0.717, 1.165) is 11.1 Å². The number of piperazine rings is 1. The second-order valence-electron chi connectivity index (χ2n) is 6.40. The van der Waals surface area contributed by atoms with Crippen LogP contribution in [0.3, 0.4) is 0 Å². The van der Waals surface area contributed by atoms with E-state index in [-0.39, 0.29) is 17.4 Å². The number of rotatable bonds is 2. The quantitative estimate of drug-likeness (QED) is 0.903. The smallest absolute Gasteiger partial charge is 0.255 e. The van der Waals surface area contributed by atoms with Crippen LogP contribution < -0.4 is 5.56 Å². The lowest BCUT2D eigenvalue weighted by molar-refractivity contribution is 0.0535. The topological polar surface area (TPSA) is 73.5 Å². The van der Waals surface area contributed by atoms with Crippen molar-refractivity contribution in [3.8, 4) is 0 Å². The minimum absolute atomic E-state index is 0.00272. The van der Waals surface area contributed by atoms with Crippen LogP contribution in [0.2, 0.25) is 0 Å². The van der Waals surface area contributed by atoms with Crippen molar-refractivity contribution < 1.29 is 9.59 Å². The number of aromatic amines is 1. The molecule has 1 saturated heterocycles. The second kappa shape index (κ2) is 6.93. The maximum atomic E-state index is 12.7. The molecular formula is C19H21N3O3. The number of aromatic nitrogens is 1. The lowest BCUT2D eigenvalue weighted by Crippen LogP contribution is -2.50. The summed E-state index contributed by atoms with van der Waals surface area (Å²) in [6.07, 6.45) is 1.43. The number of hydrogen-bond donors (Lipinski definition) is 1. The van der Waals surface area contributed by atoms with Crippen molar-refractivity contribution in [3.05, 3.63) is 69.1 Å². The average Bonchev–Trinajstić information content (AvgIpc) is 2.60. The average molecular weight is 339 g/mol. The lowest BCUT2D eigenvalue weighted by atomic mass is 10.1. The highest BCUT2D eigenvalue weighted by Crippen LogP contribution is 2.14. The summed E-state index contributed by atoms with van der Waals surface area (Å²) in [7, 11) is 0. The Bertz CT molecular complexity index is 824. The highest BCUT2D eigenvalue weighted by Gasteiger charge is 2.25. The third kappa shape index (κ3) is 3.79. The molecule has 25 heavy (non-hydrogen) atoms. The van der Waals surface area contributed by atoms with Crippen molar-refractivity contribution in [1.29, 1.82) is 0 Å². The molecule has 130 valence electrons. The number of hydrogen-bond acceptors (Lipinski definition) is 3. The van der Waals surface area contributed by atoms with E-state index >= 15 is 0 Å². The molecule has 0 radical (unpaired) electrons. The Labute approximate surface area is 146 Å². The zero-order valence-corrected chi connectivity index (χ0v) is 14.4. The highest BCUT2D eigenvalue weighted by atomic mass is 16.2. The second-order valence-corrected chi connectivity index (χ2v) is 6.40. The van der Waals surface area contributed by atoms with Crippen molar-refractivity contribution in [1.82, 2.24) is 14.8 Å². The van der Waals surface area contributed by atoms with E-state index in [4.69, 9.17) is 0 Å². The first-order valence-electron chi connectivity index (χ1n) is 8.29. The van der Waals surface area contributed by atoms with Gasteiger partial charge < -0.3 is 14.8 Å². The Morgan fingerprint density at radius 1 is 0.840 bits per heavy atom. The SMILES string of the molecule is Cc1cc(C)cc(C(=O)N2CCN(C(=O)c3ccc(=O)[nH]c3)CC2)c1. The molecule has 1 N–H and O–H groups in total. The van der Waals surface area contributed by atoms with Crippen LogP contribution in [0.4, 0.5) is 0 Å². The zero-order chi connectivity index (χ0) is 18.0. The normalized spacial score (nSPS) is 14.5. The molecule has 2 heterocycles. The predicted octanol–water partition coefficient (Wildman–Crippen LogP) is 1.59. The molecule has 0 atom stereocenters. The number of benzene rings is 1. The molecule has 6 heteroatoms. The summed E-state index contributed by atoms with van der Waals surface area (Å²) in [5, 5.41) is 0. The summed E-state index contributed by atoms with van der Waals surface area (Å²) in [5.41, 5.74) is 3.04. The molecule has 1 aliphatic heterocycles. The minimum Gasteiger partial charge on any atom is -0.335 e. The Morgan fingerprint density at radius 2 is 1.36 bits per heavy atom. The van der Waals surface area contributed by atoms with Crippen LogP contribution in [0.15, 0.2) is 41.3 Å². The van der Waals surface area contributed by atoms with Crippen molar-refractivity contribution in [2.45, 2.75) is 13.8 Å². The fourth-order valence-electron chi connectivity index (χ4n) is 3.12. The summed E-state index contributed by atoms with van der Waals surface area (Å²) < 4.78 is 0. The van der Waals surface area contributed by atoms with Gasteiger partial charge in [0.25, 0.3) is 11.8 Å². The number of H-pyrrole nitrogens is 1. The molecule has 1 fully saturated rings. The number of nitrogens with one attached hydrogen (secondary N) is 1. The number of amides is 2. The largest absolute Gasteiger partial charge is 0.335 e. The number of pyridine rings is 1. The first kappa shape index (κ1) is 17.0. The first-order chi connectivity index (χ1) is 11.9. The summed E-state index contributed by atoms with van der Waals surface area (Å²) in [4.78, 5) is 42.2. The molecule has 0 bridgehead atoms. The molecule has 2 aromatic rings. The van der Waals surface area contributed by atoms with Crippen LogP contribution in [0.25, 0.3) is 0 Å². The van der Waals surface area contributed by atoms with Crippen LogP contribution in [0.1, 0.15) is 31.8 Å². The van der Waals surface area contributed by atoms with Gasteiger partial charge in [0.05, 0.1) is 5.56 Å². The van der Waals surface area contributed by atoms with Gasteiger partial charge in [-0.1, -0.05) is 17.2 Å². The first-order valence-corrected chi connectivity index (χ1v) is 8.29. The van der Waals surface area contributed by atoms with Gasteiger partial charge in [-0.3, -0.25) is 14.4 Å². The van der Waals surface area contributed by atoms with Crippen molar-refractivity contribution in [3.63, 3.8) is 0 Å². The van der Waals surface area contributed by atoms with E-state index in [0.29, 0.717) is 37.3 Å². The van der Waals surface area contributed by atoms with Crippen molar-refractivity contribution in [2.75, 3.05) is 26.2 Å². The van der Waals surface area contributed by atoms with E-state index in [1.54, 1.807) is 9.80 Å². The summed E-state index contributed by atoms with van der Waals surface area (Å²) in [6.45, 7) is 5.92. The fraction of sp³-hybridized carbons (Fsp3) is 0.316. The molecule has 3 rings (SSSR count). The fourth-order valence-corrected chi connectivity index (χ4v) is 3.12. The highest BCUT2D eigenvalue weighted by molar-refractivity contribution is 5.96. The van der Waals surface area contributed by atoms with Crippen molar-refractivity contribution in [2.24, 2.45) is 0 Å². The van der Waals surface area contributed by atoms with E-state index in [9.17, 15) is 14.4 Å². The molecule has 1 aliphatic rings. The van der Waals surface area contributed by atoms with Gasteiger partial charge in [-0.05, 0) is 32.0 Å². The molecule has 2 amide bonds. The van der Waals surface area contributed by atoms with Crippen LogP contribution >= 0.6 is 0 Å². The Kier molecular flexibility index (Phi) is 4.70. The number of carbonyl (C=O) groups is 2. The van der Waals surface area contributed by atoms with Crippen molar-refractivity contribution >= 4 is 11.8 Å². The molecule has 6 nitrogen and oxygen atoms in total. The maximum Gasteiger partial charge on any atom is 0.255 e. The monoisotopic (exact) mass is 339 g/mol. The van der Waals surface area contributed by atoms with Gasteiger partial charge in [0, 0.05) is 44.0 Å². The number of carbonyl (C=O) groups excluding carboxylic acids is 2. The van der Waals surface area contributed by atoms with Crippen LogP contribution in [0.5, 0.6) is 0 Å².